The number of likely N-dealkylation sites (N-methyl/N-ethyl adjacent to an activating group) is 1. The van der Waals surface area contributed by atoms with Crippen molar-refractivity contribution >= 4 is 5.78 Å². The molecule has 1 N–H and O–H groups in total. The Labute approximate surface area is 239 Å². The van der Waals surface area contributed by atoms with Crippen molar-refractivity contribution in [3.8, 4) is 17.2 Å². The summed E-state index contributed by atoms with van der Waals surface area (Å²) in [5, 5.41) is 10.4. The number of aliphatic hydroxyl groups excluding tert-OH is 1. The number of rotatable bonds is 4. The van der Waals surface area contributed by atoms with Gasteiger partial charge in [0.1, 0.15) is 11.8 Å². The quantitative estimate of drug-likeness (QED) is 0.368. The number of Topliss-reactive ketones (excluding diaryl/α,β-unsaturated/α-hetero) is 1. The fraction of sp³-hybridized carbons (Fsp3) is 0.735. The molecule has 6 nitrogen and oxygen atoms in total. The predicted octanol–water partition coefficient (Wildman–Crippen LogP) is 6.00. The molecular formula is C34H48NO5+. The van der Waals surface area contributed by atoms with Crippen molar-refractivity contribution in [3.05, 3.63) is 28.8 Å². The van der Waals surface area contributed by atoms with Gasteiger partial charge in [-0.1, -0.05) is 25.5 Å². The molecule has 7 rings (SSSR count). The Morgan fingerprint density at radius 2 is 1.95 bits per heavy atom. The van der Waals surface area contributed by atoms with Gasteiger partial charge in [0.05, 0.1) is 45.8 Å². The van der Waals surface area contributed by atoms with Gasteiger partial charge in [0, 0.05) is 12.3 Å². The SMILES string of the molecule is COc1c2c(cc3c1[C@H](CC(=O)[C@H]1CC[C@H]4[C@@H]5CC=C6C[C@H](O)CC[C@]6(C)[C@H]5CC[C@]14C)[N+](C)(C)CC3)OCO2. The first kappa shape index (κ1) is 26.8. The highest BCUT2D eigenvalue weighted by molar-refractivity contribution is 5.83. The van der Waals surface area contributed by atoms with E-state index >= 15 is 0 Å². The van der Waals surface area contributed by atoms with E-state index in [9.17, 15) is 9.90 Å². The zero-order valence-electron chi connectivity index (χ0n) is 25.1. The lowest BCUT2D eigenvalue weighted by molar-refractivity contribution is -0.922. The molecule has 218 valence electrons. The monoisotopic (exact) mass is 550 g/mol. The van der Waals surface area contributed by atoms with E-state index in [0.717, 1.165) is 73.0 Å². The van der Waals surface area contributed by atoms with E-state index < -0.39 is 0 Å². The molecule has 3 fully saturated rings. The normalized spacial score (nSPS) is 40.8. The number of fused-ring (bicyclic) bond motifs is 7. The molecule has 0 spiro atoms. The van der Waals surface area contributed by atoms with Crippen molar-refractivity contribution in [1.82, 2.24) is 0 Å². The van der Waals surface area contributed by atoms with E-state index in [0.29, 0.717) is 35.7 Å². The molecule has 40 heavy (non-hydrogen) atoms. The molecule has 2 aliphatic heterocycles. The third kappa shape index (κ3) is 3.77. The summed E-state index contributed by atoms with van der Waals surface area (Å²) in [5.41, 5.74) is 4.23. The standard InChI is InChI=1S/C34H48NO5/c1-33-13-10-22(36)17-21(33)6-7-23-24-8-9-26(34(24,2)14-11-25(23)33)28(37)18-27-30-20(12-15-35(27,3)4)16-29-31(32(30)38-5)40-19-39-29/h6,16,22-27,36H,7-15,17-19H2,1-5H3/q+1/t22-,23+,24+,25+,26-,27+,33+,34+/m1/s1. The van der Waals surface area contributed by atoms with Gasteiger partial charge in [-0.3, -0.25) is 4.79 Å². The second kappa shape index (κ2) is 9.22. The van der Waals surface area contributed by atoms with Crippen LogP contribution in [-0.2, 0) is 11.2 Å². The van der Waals surface area contributed by atoms with Crippen LogP contribution >= 0.6 is 0 Å². The molecular weight excluding hydrogens is 502 g/mol. The fourth-order valence-electron chi connectivity index (χ4n) is 10.6. The van der Waals surface area contributed by atoms with E-state index in [1.54, 1.807) is 7.11 Å². The van der Waals surface area contributed by atoms with Crippen LogP contribution in [0.1, 0.15) is 88.8 Å². The van der Waals surface area contributed by atoms with E-state index in [4.69, 9.17) is 14.2 Å². The number of quaternary nitrogens is 1. The van der Waals surface area contributed by atoms with Gasteiger partial charge in [-0.25, -0.2) is 0 Å². The summed E-state index contributed by atoms with van der Waals surface area (Å²) in [5.74, 6) is 4.79. The van der Waals surface area contributed by atoms with E-state index in [-0.39, 0.29) is 35.7 Å². The van der Waals surface area contributed by atoms with Gasteiger partial charge in [-0.2, -0.15) is 0 Å². The topological polar surface area (TPSA) is 65.0 Å². The van der Waals surface area contributed by atoms with Gasteiger partial charge < -0.3 is 23.8 Å². The maximum absolute atomic E-state index is 14.4. The molecule has 2 heterocycles. The van der Waals surface area contributed by atoms with Crippen LogP contribution in [-0.4, -0.2) is 56.0 Å². The Morgan fingerprint density at radius 1 is 1.12 bits per heavy atom. The van der Waals surface area contributed by atoms with Crippen LogP contribution in [0.3, 0.4) is 0 Å². The zero-order valence-corrected chi connectivity index (χ0v) is 25.1. The lowest BCUT2D eigenvalue weighted by atomic mass is 9.47. The van der Waals surface area contributed by atoms with E-state index in [2.05, 4.69) is 40.1 Å². The summed E-state index contributed by atoms with van der Waals surface area (Å²) in [7, 11) is 6.25. The van der Waals surface area contributed by atoms with Gasteiger partial charge in [0.25, 0.3) is 0 Å². The first-order valence-corrected chi connectivity index (χ1v) is 15.8. The number of carbonyl (C=O) groups excluding carboxylic acids is 1. The summed E-state index contributed by atoms with van der Waals surface area (Å²) in [6.07, 6.45) is 12.5. The van der Waals surface area contributed by atoms with Crippen LogP contribution in [0.4, 0.5) is 0 Å². The number of aliphatic hydroxyl groups is 1. The van der Waals surface area contributed by atoms with Crippen molar-refractivity contribution in [2.24, 2.45) is 34.5 Å². The summed E-state index contributed by atoms with van der Waals surface area (Å²) in [6.45, 7) is 6.16. The van der Waals surface area contributed by atoms with Crippen molar-refractivity contribution in [3.63, 3.8) is 0 Å². The third-order valence-electron chi connectivity index (χ3n) is 12.9. The molecule has 4 aliphatic carbocycles. The Hall–Kier alpha value is -2.05. The maximum Gasteiger partial charge on any atom is 0.231 e. The Morgan fingerprint density at radius 3 is 2.75 bits per heavy atom. The van der Waals surface area contributed by atoms with Crippen LogP contribution in [0, 0.1) is 34.5 Å². The lowest BCUT2D eigenvalue weighted by Crippen LogP contribution is -2.52. The highest BCUT2D eigenvalue weighted by Gasteiger charge is 2.60. The number of carbonyl (C=O) groups is 1. The molecule has 3 saturated carbocycles. The number of ketones is 1. The molecule has 1 aromatic rings. The van der Waals surface area contributed by atoms with E-state index in [1.165, 1.54) is 24.0 Å². The Bertz CT molecular complexity index is 1250. The van der Waals surface area contributed by atoms with Crippen LogP contribution in [0.15, 0.2) is 17.7 Å². The molecule has 6 aliphatic rings. The van der Waals surface area contributed by atoms with Gasteiger partial charge in [-0.15, -0.1) is 0 Å². The van der Waals surface area contributed by atoms with Gasteiger partial charge in [0.15, 0.2) is 11.5 Å². The smallest absolute Gasteiger partial charge is 0.231 e. The predicted molar refractivity (Wildman–Crippen MR) is 153 cm³/mol. The van der Waals surface area contributed by atoms with Crippen LogP contribution in [0.5, 0.6) is 17.2 Å². The first-order chi connectivity index (χ1) is 19.1. The summed E-state index contributed by atoms with van der Waals surface area (Å²) in [6, 6.07) is 2.17. The van der Waals surface area contributed by atoms with Crippen molar-refractivity contribution in [1.29, 1.82) is 0 Å². The van der Waals surface area contributed by atoms with Gasteiger partial charge in [0.2, 0.25) is 12.5 Å². The molecule has 0 bridgehead atoms. The number of benzene rings is 1. The Balaban J connectivity index is 1.16. The van der Waals surface area contributed by atoms with Crippen molar-refractivity contribution in [2.45, 2.75) is 90.2 Å². The van der Waals surface area contributed by atoms with Crippen molar-refractivity contribution in [2.75, 3.05) is 34.5 Å². The zero-order chi connectivity index (χ0) is 28.0. The molecule has 0 aromatic heterocycles. The number of ether oxygens (including phenoxy) is 3. The minimum atomic E-state index is -0.162. The fourth-order valence-corrected chi connectivity index (χ4v) is 10.6. The van der Waals surface area contributed by atoms with E-state index in [1.807, 2.05) is 0 Å². The largest absolute Gasteiger partial charge is 0.492 e. The maximum atomic E-state index is 14.4. The number of methoxy groups -OCH3 is 1. The summed E-state index contributed by atoms with van der Waals surface area (Å²) >= 11 is 0. The molecule has 8 atom stereocenters. The molecule has 0 amide bonds. The highest BCUT2D eigenvalue weighted by atomic mass is 16.7. The number of nitrogens with zero attached hydrogens (tertiary/aromatic N) is 1. The number of allylic oxidation sites excluding steroid dienone is 1. The summed E-state index contributed by atoms with van der Waals surface area (Å²) < 4.78 is 18.3. The minimum absolute atomic E-state index is 0.0486. The second-order valence-electron chi connectivity index (χ2n) is 15.0. The lowest BCUT2D eigenvalue weighted by Gasteiger charge is -2.58. The molecule has 0 saturated heterocycles. The van der Waals surface area contributed by atoms with Gasteiger partial charge in [-0.05, 0) is 91.6 Å². The molecule has 1 aromatic carbocycles. The van der Waals surface area contributed by atoms with Crippen LogP contribution in [0.2, 0.25) is 0 Å². The highest BCUT2D eigenvalue weighted by Crippen LogP contribution is 2.66. The van der Waals surface area contributed by atoms with Crippen LogP contribution in [0.25, 0.3) is 0 Å². The number of hydrogen-bond donors (Lipinski definition) is 1. The molecule has 6 heteroatoms. The average molecular weight is 551 g/mol. The second-order valence-corrected chi connectivity index (χ2v) is 15.0. The van der Waals surface area contributed by atoms with Crippen molar-refractivity contribution < 1.29 is 28.6 Å². The van der Waals surface area contributed by atoms with Gasteiger partial charge >= 0.3 is 0 Å². The molecule has 0 radical (unpaired) electrons. The number of hydrogen-bond acceptors (Lipinski definition) is 5. The van der Waals surface area contributed by atoms with Crippen LogP contribution < -0.4 is 14.2 Å². The Kier molecular flexibility index (Phi) is 6.19. The molecule has 0 unspecified atom stereocenters. The summed E-state index contributed by atoms with van der Waals surface area (Å²) in [4.78, 5) is 14.4. The first-order valence-electron chi connectivity index (χ1n) is 15.8. The third-order valence-corrected chi connectivity index (χ3v) is 12.9. The average Bonchev–Trinajstić information content (AvgIpc) is 3.53. The minimum Gasteiger partial charge on any atom is -0.492 e.